The molecule has 0 spiro atoms. The van der Waals surface area contributed by atoms with Gasteiger partial charge in [0.2, 0.25) is 5.90 Å². The molecule has 1 atom stereocenters. The van der Waals surface area contributed by atoms with Crippen molar-refractivity contribution in [3.8, 4) is 11.5 Å². The zero-order chi connectivity index (χ0) is 26.8. The number of thioether (sulfide) groups is 1. The van der Waals surface area contributed by atoms with E-state index in [0.29, 0.717) is 28.8 Å². The molecule has 0 aromatic heterocycles. The van der Waals surface area contributed by atoms with Crippen LogP contribution in [0.15, 0.2) is 66.7 Å². The highest BCUT2D eigenvalue weighted by molar-refractivity contribution is 7.99. The molecule has 1 saturated heterocycles. The Labute approximate surface area is 218 Å². The summed E-state index contributed by atoms with van der Waals surface area (Å²) in [5.41, 5.74) is 1.84. The van der Waals surface area contributed by atoms with E-state index in [1.54, 1.807) is 12.1 Å². The highest BCUT2D eigenvalue weighted by atomic mass is 32.2. The maximum absolute atomic E-state index is 13.0. The number of benzene rings is 3. The summed E-state index contributed by atoms with van der Waals surface area (Å²) in [5, 5.41) is 14.5. The molecule has 1 heterocycles. The van der Waals surface area contributed by atoms with E-state index in [-0.39, 0.29) is 23.0 Å². The number of alkyl halides is 2. The third kappa shape index (κ3) is 8.54. The Balaban J connectivity index is 0.000000405. The van der Waals surface area contributed by atoms with E-state index in [1.807, 2.05) is 18.8 Å². The molecule has 196 valence electrons. The molecule has 0 saturated carbocycles. The van der Waals surface area contributed by atoms with Crippen LogP contribution in [0, 0.1) is 11.2 Å². The van der Waals surface area contributed by atoms with E-state index in [4.69, 9.17) is 10.1 Å². The van der Waals surface area contributed by atoms with Crippen molar-refractivity contribution >= 4 is 35.3 Å². The Morgan fingerprint density at radius 2 is 1.86 bits per heavy atom. The molecule has 1 aliphatic heterocycles. The van der Waals surface area contributed by atoms with Crippen molar-refractivity contribution < 1.29 is 27.4 Å². The number of halogens is 3. The van der Waals surface area contributed by atoms with Gasteiger partial charge in [-0.15, -0.1) is 0 Å². The monoisotopic (exact) mass is 531 g/mol. The summed E-state index contributed by atoms with van der Waals surface area (Å²) >= 11 is 2.04. The van der Waals surface area contributed by atoms with Gasteiger partial charge in [-0.05, 0) is 80.7 Å². The lowest BCUT2D eigenvalue weighted by Gasteiger charge is -2.20. The van der Waals surface area contributed by atoms with Gasteiger partial charge in [0.25, 0.3) is 0 Å². The van der Waals surface area contributed by atoms with Crippen molar-refractivity contribution in [3.63, 3.8) is 0 Å². The smallest absolute Gasteiger partial charge is 0.387 e. The number of rotatable bonds is 8. The van der Waals surface area contributed by atoms with Crippen LogP contribution in [-0.2, 0) is 0 Å². The van der Waals surface area contributed by atoms with Gasteiger partial charge in [-0.25, -0.2) is 4.39 Å². The first-order valence-electron chi connectivity index (χ1n) is 11.4. The lowest BCUT2D eigenvalue weighted by Crippen LogP contribution is -2.39. The third-order valence-electron chi connectivity index (χ3n) is 5.62. The van der Waals surface area contributed by atoms with Crippen molar-refractivity contribution in [1.82, 2.24) is 5.32 Å². The topological polar surface area (TPSA) is 83.4 Å². The van der Waals surface area contributed by atoms with Gasteiger partial charge in [0.05, 0.1) is 11.3 Å². The maximum atomic E-state index is 13.0. The maximum Gasteiger partial charge on any atom is 0.387 e. The van der Waals surface area contributed by atoms with Gasteiger partial charge >= 0.3 is 6.61 Å². The minimum Gasteiger partial charge on any atom is -0.439 e. The summed E-state index contributed by atoms with van der Waals surface area (Å²) in [5.74, 6) is 2.09. The van der Waals surface area contributed by atoms with Gasteiger partial charge in [0.15, 0.2) is 0 Å². The molecule has 0 aliphatic carbocycles. The van der Waals surface area contributed by atoms with Crippen LogP contribution in [0.4, 0.5) is 24.5 Å². The van der Waals surface area contributed by atoms with Crippen LogP contribution in [0.2, 0.25) is 0 Å². The van der Waals surface area contributed by atoms with Crippen LogP contribution in [0.25, 0.3) is 0 Å². The van der Waals surface area contributed by atoms with Crippen LogP contribution in [-0.4, -0.2) is 42.9 Å². The Kier molecular flexibility index (Phi) is 9.99. The summed E-state index contributed by atoms with van der Waals surface area (Å²) in [6, 6.07) is 15.6. The second-order valence-corrected chi connectivity index (χ2v) is 9.56. The number of hydrogen-bond acceptors (Lipinski definition) is 7. The number of aldehydes is 1. The second-order valence-electron chi connectivity index (χ2n) is 8.45. The normalized spacial score (nSPS) is 16.5. The Bertz CT molecular complexity index is 1200. The molecule has 1 aliphatic rings. The van der Waals surface area contributed by atoms with Crippen molar-refractivity contribution in [2.75, 3.05) is 23.9 Å². The second kappa shape index (κ2) is 13.2. The Hall–Kier alpha value is -3.50. The van der Waals surface area contributed by atoms with Gasteiger partial charge in [0, 0.05) is 28.6 Å². The van der Waals surface area contributed by atoms with Crippen LogP contribution in [0.3, 0.4) is 0 Å². The lowest BCUT2D eigenvalue weighted by molar-refractivity contribution is -0.0498. The average Bonchev–Trinajstić information content (AvgIpc) is 3.33. The number of anilines is 2. The van der Waals surface area contributed by atoms with Crippen LogP contribution >= 0.6 is 11.8 Å². The lowest BCUT2D eigenvalue weighted by atomic mass is 10.0. The fraction of sp³-hybridized carbons (Fsp3) is 0.259. The number of nitrogens with one attached hydrogen (secondary N) is 3. The minimum atomic E-state index is -2.95. The van der Waals surface area contributed by atoms with Crippen LogP contribution < -0.4 is 20.1 Å². The summed E-state index contributed by atoms with van der Waals surface area (Å²) in [6.07, 6.45) is 1.95. The molecule has 3 aromatic rings. The molecule has 6 nitrogen and oxygen atoms in total. The molecule has 0 amide bonds. The van der Waals surface area contributed by atoms with Crippen molar-refractivity contribution in [1.29, 1.82) is 5.41 Å². The molecule has 0 radical (unpaired) electrons. The number of carbonyl (C=O) groups excluding carboxylic acids is 1. The highest BCUT2D eigenvalue weighted by Crippen LogP contribution is 2.27. The Morgan fingerprint density at radius 1 is 1.11 bits per heavy atom. The first kappa shape index (κ1) is 28.1. The molecule has 4 rings (SSSR count). The van der Waals surface area contributed by atoms with Gasteiger partial charge in [-0.3, -0.25) is 10.2 Å². The molecule has 37 heavy (non-hydrogen) atoms. The third-order valence-corrected chi connectivity index (χ3v) is 6.95. The van der Waals surface area contributed by atoms with Gasteiger partial charge in [-0.1, -0.05) is 6.07 Å². The standard InChI is InChI=1S/C21H15F3N2O3.C6H13NS/c22-14-5-7-16(8-6-14)28-20(25)18-10-13(12-27)4-9-19(18)26-15-2-1-3-17(11-15)29-21(23)24;1-6(7-2)3-4-8-5-6/h1-12,21,25-26H;7H,3-5H2,1-2H3. The molecule has 3 aromatic carbocycles. The molecular formula is C27H28F3N3O3S. The van der Waals surface area contributed by atoms with Crippen LogP contribution in [0.5, 0.6) is 11.5 Å². The summed E-state index contributed by atoms with van der Waals surface area (Å²) < 4.78 is 47.7. The number of ether oxygens (including phenoxy) is 2. The van der Waals surface area contributed by atoms with E-state index < -0.39 is 12.4 Å². The first-order chi connectivity index (χ1) is 17.7. The van der Waals surface area contributed by atoms with E-state index in [2.05, 4.69) is 22.3 Å². The first-order valence-corrected chi connectivity index (χ1v) is 12.6. The summed E-state index contributed by atoms with van der Waals surface area (Å²) in [7, 11) is 2.05. The zero-order valence-electron chi connectivity index (χ0n) is 20.4. The van der Waals surface area contributed by atoms with E-state index in [0.717, 1.165) is 0 Å². The fourth-order valence-corrected chi connectivity index (χ4v) is 4.86. The Morgan fingerprint density at radius 3 is 2.46 bits per heavy atom. The molecule has 1 fully saturated rings. The summed E-state index contributed by atoms with van der Waals surface area (Å²) in [6.45, 7) is -0.669. The predicted octanol–water partition coefficient (Wildman–Crippen LogP) is 6.49. The van der Waals surface area contributed by atoms with Crippen molar-refractivity contribution in [2.24, 2.45) is 0 Å². The highest BCUT2D eigenvalue weighted by Gasteiger charge is 2.26. The molecule has 10 heteroatoms. The number of hydrogen-bond donors (Lipinski definition) is 3. The predicted molar refractivity (Wildman–Crippen MR) is 141 cm³/mol. The molecule has 0 bridgehead atoms. The average molecular weight is 532 g/mol. The SMILES string of the molecule is CNC1(C)CCSC1.N=C(Oc1ccc(F)cc1)c1cc(C=O)ccc1Nc1cccc(OC(F)F)c1. The minimum absolute atomic E-state index is 0.0336. The van der Waals surface area contributed by atoms with Gasteiger partial charge < -0.3 is 20.1 Å². The largest absolute Gasteiger partial charge is 0.439 e. The number of carbonyl (C=O) groups is 1. The molecule has 1 unspecified atom stereocenters. The molecular weight excluding hydrogens is 503 g/mol. The summed E-state index contributed by atoms with van der Waals surface area (Å²) in [4.78, 5) is 11.1. The molecule has 3 N–H and O–H groups in total. The van der Waals surface area contributed by atoms with Gasteiger partial charge in [-0.2, -0.15) is 20.5 Å². The van der Waals surface area contributed by atoms with E-state index in [9.17, 15) is 18.0 Å². The van der Waals surface area contributed by atoms with Crippen LogP contribution in [0.1, 0.15) is 29.3 Å². The van der Waals surface area contributed by atoms with Crippen molar-refractivity contribution in [2.45, 2.75) is 25.5 Å². The quantitative estimate of drug-likeness (QED) is 0.175. The zero-order valence-corrected chi connectivity index (χ0v) is 21.2. The van der Waals surface area contributed by atoms with E-state index >= 15 is 0 Å². The van der Waals surface area contributed by atoms with Gasteiger partial charge in [0.1, 0.15) is 23.6 Å². The fourth-order valence-electron chi connectivity index (χ4n) is 3.38. The van der Waals surface area contributed by atoms with E-state index in [1.165, 1.54) is 72.5 Å². The van der Waals surface area contributed by atoms with Crippen molar-refractivity contribution in [3.05, 3.63) is 83.7 Å².